The number of quaternary nitrogens is 1. The number of ether oxygens (including phenoxy) is 2. The summed E-state index contributed by atoms with van der Waals surface area (Å²) in [7, 11) is 4.43. The van der Waals surface area contributed by atoms with Gasteiger partial charge in [-0.2, -0.15) is 0 Å². The first kappa shape index (κ1) is 35.8. The van der Waals surface area contributed by atoms with Crippen molar-refractivity contribution in [2.75, 3.05) is 47.5 Å². The second-order valence-corrected chi connectivity index (χ2v) is 12.5. The van der Waals surface area contributed by atoms with Crippen molar-refractivity contribution in [3.63, 3.8) is 0 Å². The summed E-state index contributed by atoms with van der Waals surface area (Å²) in [6.07, 6.45) is 18.4. The number of nitrogens with zero attached hydrogens (tertiary/aromatic N) is 1. The molecule has 2 unspecified atom stereocenters. The van der Waals surface area contributed by atoms with Crippen molar-refractivity contribution in [2.45, 2.75) is 109 Å². The Morgan fingerprint density at radius 3 is 2.10 bits per heavy atom. The number of rotatable bonds is 27. The van der Waals surface area contributed by atoms with Gasteiger partial charge < -0.3 is 27.9 Å². The molecule has 0 radical (unpaired) electrons. The van der Waals surface area contributed by atoms with Gasteiger partial charge in [-0.3, -0.25) is 4.79 Å². The zero-order valence-corrected chi connectivity index (χ0v) is 26.2. The third kappa shape index (κ3) is 22.2. The quantitative estimate of drug-likeness (QED) is 0.0508. The molecule has 8 heteroatoms. The van der Waals surface area contributed by atoms with Crippen molar-refractivity contribution in [1.29, 1.82) is 0 Å². The highest BCUT2D eigenvalue weighted by molar-refractivity contribution is 7.40. The summed E-state index contributed by atoms with van der Waals surface area (Å²) in [5, 5.41) is 0. The molecule has 226 valence electrons. The van der Waals surface area contributed by atoms with Gasteiger partial charge in [0.2, 0.25) is 0 Å². The lowest BCUT2D eigenvalue weighted by molar-refractivity contribution is -0.870. The average Bonchev–Trinajstić information content (AvgIpc) is 2.90. The Morgan fingerprint density at radius 1 is 0.846 bits per heavy atom. The van der Waals surface area contributed by atoms with Gasteiger partial charge in [0.1, 0.15) is 12.4 Å². The molecule has 0 saturated carbocycles. The third-order valence-electron chi connectivity index (χ3n) is 6.70. The van der Waals surface area contributed by atoms with E-state index in [0.29, 0.717) is 13.1 Å². The lowest BCUT2D eigenvalue weighted by Crippen LogP contribution is -2.35. The zero-order chi connectivity index (χ0) is 28.6. The van der Waals surface area contributed by atoms with Crippen molar-refractivity contribution >= 4 is 15.1 Å². The topological polar surface area (TPSA) is 74.2 Å². The Kier molecular flexibility index (Phi) is 21.5. The summed E-state index contributed by atoms with van der Waals surface area (Å²) in [5.41, 5.74) is 1.25. The average molecular weight is 571 g/mol. The van der Waals surface area contributed by atoms with Crippen LogP contribution >= 0.6 is 8.60 Å². The minimum absolute atomic E-state index is 0.0123. The molecule has 2 atom stereocenters. The van der Waals surface area contributed by atoms with Crippen LogP contribution in [-0.2, 0) is 25.0 Å². The van der Waals surface area contributed by atoms with Gasteiger partial charge >= 0.3 is 8.60 Å². The second-order valence-electron chi connectivity index (χ2n) is 11.5. The van der Waals surface area contributed by atoms with E-state index in [4.69, 9.17) is 18.5 Å². The van der Waals surface area contributed by atoms with Crippen molar-refractivity contribution in [1.82, 2.24) is 0 Å². The lowest BCUT2D eigenvalue weighted by atomic mass is 10.0. The normalized spacial score (nSPS) is 13.3. The fourth-order valence-electron chi connectivity index (χ4n) is 4.37. The summed E-state index contributed by atoms with van der Waals surface area (Å²) in [6.45, 7) is 4.29. The van der Waals surface area contributed by atoms with E-state index in [1.165, 1.54) is 82.6 Å². The highest BCUT2D eigenvalue weighted by Gasteiger charge is 2.16. The minimum atomic E-state index is -2.01. The summed E-state index contributed by atoms with van der Waals surface area (Å²) in [4.78, 5) is 20.9. The van der Waals surface area contributed by atoms with E-state index in [1.807, 2.05) is 12.1 Å². The summed E-state index contributed by atoms with van der Waals surface area (Å²) < 4.78 is 22.6. The Labute approximate surface area is 240 Å². The SMILES string of the molecule is CCCCCCCCCCCCCCc1cccc(OCC(COP(O)OCCCC[N+](C)(C)C)OC=O)c1. The maximum Gasteiger partial charge on any atom is 0.329 e. The zero-order valence-electron chi connectivity index (χ0n) is 25.3. The number of aryl methyl sites for hydroxylation is 1. The molecule has 39 heavy (non-hydrogen) atoms. The van der Waals surface area contributed by atoms with Gasteiger partial charge in [0.25, 0.3) is 6.47 Å². The molecule has 1 N–H and O–H groups in total. The number of hydrogen-bond donors (Lipinski definition) is 1. The molecule has 0 spiro atoms. The molecular formula is C31H57NO6P+. The van der Waals surface area contributed by atoms with E-state index in [-0.39, 0.29) is 13.2 Å². The number of carbonyl (C=O) groups is 1. The number of carbonyl (C=O) groups excluding carboxylic acids is 1. The number of benzene rings is 1. The van der Waals surface area contributed by atoms with E-state index in [0.717, 1.165) is 36.0 Å². The summed E-state index contributed by atoms with van der Waals surface area (Å²) in [5.74, 6) is 0.741. The van der Waals surface area contributed by atoms with E-state index in [1.54, 1.807) is 0 Å². The van der Waals surface area contributed by atoms with Crippen LogP contribution in [0.2, 0.25) is 0 Å². The predicted molar refractivity (Wildman–Crippen MR) is 161 cm³/mol. The van der Waals surface area contributed by atoms with Gasteiger partial charge in [0.05, 0.1) is 40.9 Å². The van der Waals surface area contributed by atoms with E-state index < -0.39 is 14.7 Å². The monoisotopic (exact) mass is 570 g/mol. The summed E-state index contributed by atoms with van der Waals surface area (Å²) >= 11 is 0. The molecule has 1 aromatic carbocycles. The Morgan fingerprint density at radius 2 is 1.49 bits per heavy atom. The molecule has 0 amide bonds. The minimum Gasteiger partial charge on any atom is -0.490 e. The van der Waals surface area contributed by atoms with Crippen LogP contribution in [0, 0.1) is 0 Å². The molecule has 1 rings (SSSR count). The molecule has 0 fully saturated rings. The molecule has 0 aromatic heterocycles. The van der Waals surface area contributed by atoms with Crippen molar-refractivity contribution in [3.8, 4) is 5.75 Å². The van der Waals surface area contributed by atoms with Crippen LogP contribution in [0.25, 0.3) is 0 Å². The first-order valence-corrected chi connectivity index (χ1v) is 16.3. The first-order chi connectivity index (χ1) is 18.8. The lowest BCUT2D eigenvalue weighted by Gasteiger charge is -2.23. The molecule has 0 bridgehead atoms. The van der Waals surface area contributed by atoms with Gasteiger partial charge in [-0.1, -0.05) is 89.7 Å². The number of hydrogen-bond acceptors (Lipinski definition) is 6. The van der Waals surface area contributed by atoms with Gasteiger partial charge in [-0.05, 0) is 43.4 Å². The molecule has 1 aromatic rings. The van der Waals surface area contributed by atoms with Gasteiger partial charge in [0, 0.05) is 0 Å². The standard InChI is InChI=1S/C31H57NO6P/c1-5-6-7-8-9-10-11-12-13-14-15-16-20-29-21-19-22-30(25-29)35-26-31(36-28-33)27-38-39(34)37-24-18-17-23-32(2,3)4/h19,21-22,25,28,31,34H,5-18,20,23-24,26-27H2,1-4H3/q+1. The Balaban J connectivity index is 2.19. The van der Waals surface area contributed by atoms with Crippen LogP contribution in [0.5, 0.6) is 5.75 Å². The maximum absolute atomic E-state index is 10.9. The highest BCUT2D eigenvalue weighted by atomic mass is 31.2. The van der Waals surface area contributed by atoms with Crippen LogP contribution in [0.3, 0.4) is 0 Å². The Hall–Kier alpha value is -1.24. The fraction of sp³-hybridized carbons (Fsp3) is 0.774. The molecule has 7 nitrogen and oxygen atoms in total. The fourth-order valence-corrected chi connectivity index (χ4v) is 5.02. The largest absolute Gasteiger partial charge is 0.490 e. The molecular weight excluding hydrogens is 513 g/mol. The van der Waals surface area contributed by atoms with Crippen LogP contribution in [0.1, 0.15) is 102 Å². The second kappa shape index (κ2) is 23.5. The highest BCUT2D eigenvalue weighted by Crippen LogP contribution is 2.33. The predicted octanol–water partition coefficient (Wildman–Crippen LogP) is 7.59. The van der Waals surface area contributed by atoms with Crippen LogP contribution in [0.4, 0.5) is 0 Å². The van der Waals surface area contributed by atoms with E-state index >= 15 is 0 Å². The van der Waals surface area contributed by atoms with Crippen LogP contribution in [0.15, 0.2) is 24.3 Å². The van der Waals surface area contributed by atoms with E-state index in [9.17, 15) is 9.69 Å². The molecule has 0 aliphatic carbocycles. The molecule has 0 aliphatic heterocycles. The smallest absolute Gasteiger partial charge is 0.329 e. The van der Waals surface area contributed by atoms with Gasteiger partial charge in [-0.25, -0.2) is 0 Å². The van der Waals surface area contributed by atoms with E-state index in [2.05, 4.69) is 40.2 Å². The maximum atomic E-state index is 10.9. The van der Waals surface area contributed by atoms with Gasteiger partial charge in [-0.15, -0.1) is 0 Å². The number of unbranched alkanes of at least 4 members (excludes halogenated alkanes) is 12. The molecule has 0 aliphatic rings. The van der Waals surface area contributed by atoms with Gasteiger partial charge in [0.15, 0.2) is 6.10 Å². The third-order valence-corrected chi connectivity index (χ3v) is 7.47. The van der Waals surface area contributed by atoms with Crippen molar-refractivity contribution < 1.29 is 32.7 Å². The first-order valence-electron chi connectivity index (χ1n) is 15.2. The molecule has 0 heterocycles. The van der Waals surface area contributed by atoms with Crippen LogP contribution < -0.4 is 4.74 Å². The molecule has 0 saturated heterocycles. The van der Waals surface area contributed by atoms with Crippen molar-refractivity contribution in [2.24, 2.45) is 0 Å². The van der Waals surface area contributed by atoms with Crippen LogP contribution in [-0.4, -0.2) is 69.5 Å². The van der Waals surface area contributed by atoms with Crippen molar-refractivity contribution in [3.05, 3.63) is 29.8 Å². The Bertz CT molecular complexity index is 715. The summed E-state index contributed by atoms with van der Waals surface area (Å²) in [6, 6.07) is 8.08.